The molecule has 3 aromatic rings. The van der Waals surface area contributed by atoms with Crippen molar-refractivity contribution in [3.63, 3.8) is 0 Å². The van der Waals surface area contributed by atoms with Crippen LogP contribution in [0.2, 0.25) is 0 Å². The molecule has 0 spiro atoms. The molecular formula is C23H25N3O4. The first kappa shape index (κ1) is 20.0. The number of methoxy groups -OCH3 is 2. The molecule has 2 aromatic carbocycles. The number of nitrogens with zero attached hydrogens (tertiary/aromatic N) is 1. The minimum atomic E-state index is -0.540. The number of carbonyl (C=O) groups excluding carboxylic acids is 2. The summed E-state index contributed by atoms with van der Waals surface area (Å²) in [7, 11) is 3.06. The van der Waals surface area contributed by atoms with Crippen LogP contribution in [0.25, 0.3) is 10.9 Å². The quantitative estimate of drug-likeness (QED) is 0.589. The summed E-state index contributed by atoms with van der Waals surface area (Å²) < 4.78 is 10.5. The van der Waals surface area contributed by atoms with E-state index in [9.17, 15) is 9.59 Å². The molecule has 1 aliphatic rings. The number of nitrogens with one attached hydrogen (secondary N) is 2. The third kappa shape index (κ3) is 3.76. The topological polar surface area (TPSA) is 83.7 Å². The molecule has 1 aliphatic heterocycles. The highest BCUT2D eigenvalue weighted by Crippen LogP contribution is 2.31. The maximum absolute atomic E-state index is 12.9. The second-order valence-corrected chi connectivity index (χ2v) is 7.46. The minimum Gasteiger partial charge on any atom is -0.497 e. The van der Waals surface area contributed by atoms with Gasteiger partial charge in [-0.15, -0.1) is 0 Å². The van der Waals surface area contributed by atoms with Gasteiger partial charge in [0.1, 0.15) is 11.5 Å². The summed E-state index contributed by atoms with van der Waals surface area (Å²) in [6.07, 6.45) is 2.89. The number of carbonyl (C=O) groups is 2. The number of aromatic amines is 1. The van der Waals surface area contributed by atoms with E-state index in [4.69, 9.17) is 9.47 Å². The number of anilines is 1. The van der Waals surface area contributed by atoms with Crippen molar-refractivity contribution in [1.29, 1.82) is 0 Å². The first-order valence-electron chi connectivity index (χ1n) is 9.90. The summed E-state index contributed by atoms with van der Waals surface area (Å²) in [5.41, 5.74) is 3.95. The number of hydrogen-bond acceptors (Lipinski definition) is 5. The van der Waals surface area contributed by atoms with Crippen molar-refractivity contribution >= 4 is 28.4 Å². The van der Waals surface area contributed by atoms with Crippen molar-refractivity contribution in [2.45, 2.75) is 25.8 Å². The fraction of sp³-hybridized carbons (Fsp3) is 0.304. The first-order chi connectivity index (χ1) is 14.5. The van der Waals surface area contributed by atoms with Crippen molar-refractivity contribution in [3.05, 3.63) is 53.7 Å². The van der Waals surface area contributed by atoms with Crippen molar-refractivity contribution < 1.29 is 19.1 Å². The lowest BCUT2D eigenvalue weighted by molar-refractivity contribution is -0.121. The van der Waals surface area contributed by atoms with Gasteiger partial charge >= 0.3 is 0 Å². The van der Waals surface area contributed by atoms with Gasteiger partial charge in [0.25, 0.3) is 5.91 Å². The lowest BCUT2D eigenvalue weighted by atomic mass is 10.1. The van der Waals surface area contributed by atoms with E-state index in [2.05, 4.69) is 35.4 Å². The molecule has 30 heavy (non-hydrogen) atoms. The van der Waals surface area contributed by atoms with E-state index in [-0.39, 0.29) is 18.2 Å². The molecule has 0 bridgehead atoms. The van der Waals surface area contributed by atoms with Crippen molar-refractivity contribution in [3.8, 4) is 11.5 Å². The van der Waals surface area contributed by atoms with Gasteiger partial charge in [-0.2, -0.15) is 0 Å². The zero-order chi connectivity index (χ0) is 21.3. The number of imide groups is 1. The largest absolute Gasteiger partial charge is 0.497 e. The van der Waals surface area contributed by atoms with E-state index in [0.717, 1.165) is 11.9 Å². The second-order valence-electron chi connectivity index (χ2n) is 7.46. The molecule has 1 fully saturated rings. The van der Waals surface area contributed by atoms with E-state index in [1.807, 2.05) is 6.20 Å². The molecule has 2 amide bonds. The van der Waals surface area contributed by atoms with Crippen LogP contribution in [0.1, 0.15) is 17.5 Å². The molecule has 7 nitrogen and oxygen atoms in total. The zero-order valence-corrected chi connectivity index (χ0v) is 17.3. The Balaban J connectivity index is 1.45. The first-order valence-corrected chi connectivity index (χ1v) is 9.90. The molecule has 2 heterocycles. The highest BCUT2D eigenvalue weighted by atomic mass is 16.5. The number of ether oxygens (including phenoxy) is 2. The molecule has 2 N–H and O–H groups in total. The Morgan fingerprint density at radius 2 is 1.83 bits per heavy atom. The zero-order valence-electron chi connectivity index (χ0n) is 17.3. The van der Waals surface area contributed by atoms with Gasteiger partial charge in [0.15, 0.2) is 0 Å². The smallest absolute Gasteiger partial charge is 0.251 e. The third-order valence-corrected chi connectivity index (χ3v) is 5.45. The van der Waals surface area contributed by atoms with Crippen molar-refractivity contribution in [2.24, 2.45) is 0 Å². The van der Waals surface area contributed by atoms with Crippen LogP contribution < -0.4 is 19.7 Å². The van der Waals surface area contributed by atoms with Crippen LogP contribution in [-0.4, -0.2) is 43.6 Å². The number of fused-ring (bicyclic) bond motifs is 1. The highest BCUT2D eigenvalue weighted by Gasteiger charge is 2.39. The summed E-state index contributed by atoms with van der Waals surface area (Å²) in [5, 5.41) is 4.44. The van der Waals surface area contributed by atoms with Gasteiger partial charge in [0.2, 0.25) is 5.91 Å². The van der Waals surface area contributed by atoms with Crippen LogP contribution in [0.3, 0.4) is 0 Å². The average Bonchev–Trinajstić information content (AvgIpc) is 3.27. The number of benzene rings is 2. The molecule has 1 atom stereocenters. The Bertz CT molecular complexity index is 1080. The third-order valence-electron chi connectivity index (χ3n) is 5.45. The van der Waals surface area contributed by atoms with Crippen LogP contribution in [-0.2, 0) is 16.0 Å². The molecule has 156 valence electrons. The number of amides is 2. The van der Waals surface area contributed by atoms with Gasteiger partial charge in [-0.3, -0.25) is 9.59 Å². The Labute approximate surface area is 175 Å². The predicted molar refractivity (Wildman–Crippen MR) is 115 cm³/mol. The molecule has 7 heteroatoms. The van der Waals surface area contributed by atoms with Crippen LogP contribution in [0.5, 0.6) is 11.5 Å². The molecule has 0 saturated carbocycles. The Morgan fingerprint density at radius 3 is 2.53 bits per heavy atom. The number of H-pyrrole nitrogens is 1. The summed E-state index contributed by atoms with van der Waals surface area (Å²) in [4.78, 5) is 30.0. The van der Waals surface area contributed by atoms with Crippen molar-refractivity contribution in [1.82, 2.24) is 10.3 Å². The second kappa shape index (κ2) is 8.20. The average molecular weight is 407 g/mol. The summed E-state index contributed by atoms with van der Waals surface area (Å²) in [6.45, 7) is 2.67. The molecular weight excluding hydrogens is 382 g/mol. The van der Waals surface area contributed by atoms with Crippen LogP contribution in [0.4, 0.5) is 5.69 Å². The lowest BCUT2D eigenvalue weighted by Crippen LogP contribution is -2.39. The van der Waals surface area contributed by atoms with E-state index in [1.54, 1.807) is 18.2 Å². The standard InChI is InChI=1S/C23H25N3O4/c1-14-4-5-20-19(8-14)15(13-25-20)6-7-24-21-12-22(27)26(23(21)28)16-9-17(29-2)11-18(10-16)30-3/h4-5,8-11,13,21,24-25H,6-7,12H2,1-3H3/t21-/m1/s1. The predicted octanol–water partition coefficient (Wildman–Crippen LogP) is 2.96. The molecule has 0 unspecified atom stereocenters. The minimum absolute atomic E-state index is 0.130. The number of rotatable bonds is 7. The maximum Gasteiger partial charge on any atom is 0.251 e. The fourth-order valence-corrected chi connectivity index (χ4v) is 3.86. The SMILES string of the molecule is COc1cc(OC)cc(N2C(=O)C[C@@H](NCCc3c[nH]c4ccc(C)cc34)C2=O)c1. The fourth-order valence-electron chi connectivity index (χ4n) is 3.86. The Morgan fingerprint density at radius 1 is 1.10 bits per heavy atom. The molecule has 0 aliphatic carbocycles. The normalized spacial score (nSPS) is 16.5. The molecule has 4 rings (SSSR count). The summed E-state index contributed by atoms with van der Waals surface area (Å²) in [5.74, 6) is 0.549. The summed E-state index contributed by atoms with van der Waals surface area (Å²) >= 11 is 0. The van der Waals surface area contributed by atoms with Crippen LogP contribution in [0, 0.1) is 6.92 Å². The highest BCUT2D eigenvalue weighted by molar-refractivity contribution is 6.22. The van der Waals surface area contributed by atoms with Gasteiger partial charge in [-0.1, -0.05) is 11.6 Å². The van der Waals surface area contributed by atoms with E-state index in [0.29, 0.717) is 23.7 Å². The van der Waals surface area contributed by atoms with Crippen LogP contribution >= 0.6 is 0 Å². The van der Waals surface area contributed by atoms with E-state index < -0.39 is 6.04 Å². The van der Waals surface area contributed by atoms with Gasteiger partial charge in [0, 0.05) is 41.8 Å². The Kier molecular flexibility index (Phi) is 5.46. The summed E-state index contributed by atoms with van der Waals surface area (Å²) in [6, 6.07) is 10.8. The number of aryl methyl sites for hydroxylation is 1. The maximum atomic E-state index is 12.9. The van der Waals surface area contributed by atoms with Gasteiger partial charge < -0.3 is 19.8 Å². The Hall–Kier alpha value is -3.32. The number of hydrogen-bond donors (Lipinski definition) is 2. The molecule has 1 aromatic heterocycles. The molecule has 0 radical (unpaired) electrons. The monoisotopic (exact) mass is 407 g/mol. The van der Waals surface area contributed by atoms with Gasteiger partial charge in [0.05, 0.1) is 32.4 Å². The molecule has 1 saturated heterocycles. The van der Waals surface area contributed by atoms with Crippen LogP contribution in [0.15, 0.2) is 42.6 Å². The van der Waals surface area contributed by atoms with E-state index in [1.165, 1.54) is 35.6 Å². The number of aromatic nitrogens is 1. The van der Waals surface area contributed by atoms with Gasteiger partial charge in [-0.05, 0) is 31.0 Å². The van der Waals surface area contributed by atoms with E-state index >= 15 is 0 Å². The van der Waals surface area contributed by atoms with Gasteiger partial charge in [-0.25, -0.2) is 4.90 Å². The lowest BCUT2D eigenvalue weighted by Gasteiger charge is -2.17. The van der Waals surface area contributed by atoms with Crippen molar-refractivity contribution in [2.75, 3.05) is 25.7 Å².